The first-order valence-corrected chi connectivity index (χ1v) is 13.3. The fourth-order valence-electron chi connectivity index (χ4n) is 7.17. The van der Waals surface area contributed by atoms with E-state index in [9.17, 15) is 15.3 Å². The van der Waals surface area contributed by atoms with E-state index < -0.39 is 17.8 Å². The Balaban J connectivity index is 1.66. The largest absolute Gasteiger partial charge is 0.396 e. The van der Waals surface area contributed by atoms with Gasteiger partial charge in [-0.15, -0.1) is 0 Å². The van der Waals surface area contributed by atoms with Gasteiger partial charge in [0.2, 0.25) is 0 Å². The van der Waals surface area contributed by atoms with Crippen LogP contribution in [0.1, 0.15) is 98.3 Å². The van der Waals surface area contributed by atoms with Crippen LogP contribution in [0, 0.1) is 23.2 Å². The molecule has 6 atom stereocenters. The summed E-state index contributed by atoms with van der Waals surface area (Å²) >= 11 is 0. The van der Waals surface area contributed by atoms with Crippen molar-refractivity contribution in [2.24, 2.45) is 23.2 Å². The monoisotopic (exact) mass is 460 g/mol. The van der Waals surface area contributed by atoms with Gasteiger partial charge in [0, 0.05) is 6.61 Å². The smallest absolute Gasteiger partial charge is 0.0812 e. The van der Waals surface area contributed by atoms with Gasteiger partial charge in [0.05, 0.1) is 17.8 Å². The average molecular weight is 461 g/mol. The highest BCUT2D eigenvalue weighted by molar-refractivity contribution is 5.30. The van der Waals surface area contributed by atoms with Crippen LogP contribution in [0.25, 0.3) is 0 Å². The van der Waals surface area contributed by atoms with E-state index in [1.165, 1.54) is 32.1 Å². The minimum Gasteiger partial charge on any atom is -0.396 e. The maximum Gasteiger partial charge on any atom is 0.0812 e. The van der Waals surface area contributed by atoms with Gasteiger partial charge in [0.1, 0.15) is 0 Å². The Bertz CT molecular complexity index is 727. The molecule has 0 aromatic heterocycles. The van der Waals surface area contributed by atoms with Crippen molar-refractivity contribution in [1.82, 2.24) is 0 Å². The van der Waals surface area contributed by atoms with Gasteiger partial charge in [-0.05, 0) is 100 Å². The number of fused-ring (bicyclic) bond motifs is 1. The second kappa shape index (κ2) is 11.2. The highest BCUT2D eigenvalue weighted by Crippen LogP contribution is 2.60. The van der Waals surface area contributed by atoms with E-state index in [0.29, 0.717) is 42.1 Å². The molecule has 4 N–H and O–H groups in total. The molecular formula is C29H48O4. The van der Waals surface area contributed by atoms with E-state index in [4.69, 9.17) is 5.11 Å². The Morgan fingerprint density at radius 1 is 1.12 bits per heavy atom. The molecule has 3 saturated carbocycles. The van der Waals surface area contributed by atoms with Crippen LogP contribution in [0.15, 0.2) is 34.9 Å². The van der Waals surface area contributed by atoms with Crippen molar-refractivity contribution in [2.45, 2.75) is 116 Å². The first-order valence-electron chi connectivity index (χ1n) is 13.3. The van der Waals surface area contributed by atoms with Gasteiger partial charge in [0.15, 0.2) is 0 Å². The highest BCUT2D eigenvalue weighted by atomic mass is 16.3. The highest BCUT2D eigenvalue weighted by Gasteiger charge is 2.50. The van der Waals surface area contributed by atoms with Crippen molar-refractivity contribution in [3.63, 3.8) is 0 Å². The summed E-state index contributed by atoms with van der Waals surface area (Å²) in [6, 6.07) is 0. The molecular weight excluding hydrogens is 412 g/mol. The quantitative estimate of drug-likeness (QED) is 0.363. The van der Waals surface area contributed by atoms with Gasteiger partial charge in [0.25, 0.3) is 0 Å². The minimum atomic E-state index is -0.651. The number of rotatable bonds is 8. The van der Waals surface area contributed by atoms with Crippen molar-refractivity contribution in [2.75, 3.05) is 6.61 Å². The van der Waals surface area contributed by atoms with Gasteiger partial charge in [-0.25, -0.2) is 0 Å². The zero-order valence-corrected chi connectivity index (χ0v) is 21.4. The topological polar surface area (TPSA) is 80.9 Å². The van der Waals surface area contributed by atoms with Gasteiger partial charge in [-0.1, -0.05) is 56.1 Å². The van der Waals surface area contributed by atoms with Crippen molar-refractivity contribution in [1.29, 1.82) is 0 Å². The molecule has 2 unspecified atom stereocenters. The van der Waals surface area contributed by atoms with Crippen LogP contribution in [0.5, 0.6) is 0 Å². The third kappa shape index (κ3) is 6.60. The molecule has 4 nitrogen and oxygen atoms in total. The van der Waals surface area contributed by atoms with Gasteiger partial charge in [-0.3, -0.25) is 0 Å². The van der Waals surface area contributed by atoms with Crippen LogP contribution in [0.4, 0.5) is 0 Å². The molecule has 0 heterocycles. The molecule has 0 amide bonds. The summed E-state index contributed by atoms with van der Waals surface area (Å²) in [5.74, 6) is 2.08. The summed E-state index contributed by atoms with van der Waals surface area (Å²) in [6.45, 7) is 8.81. The fourth-order valence-corrected chi connectivity index (χ4v) is 7.17. The van der Waals surface area contributed by atoms with Crippen LogP contribution in [-0.2, 0) is 0 Å². The van der Waals surface area contributed by atoms with E-state index in [-0.39, 0.29) is 6.61 Å². The molecule has 0 saturated heterocycles. The molecule has 3 aliphatic rings. The van der Waals surface area contributed by atoms with E-state index in [1.54, 1.807) is 11.6 Å². The number of hydrogen-bond acceptors (Lipinski definition) is 4. The molecule has 3 fully saturated rings. The standard InChI is InChI=1S/C29H48O4/c1-20(8-5-15-28(2,3)33)24-13-14-25-22(9-6-16-29(24,25)4)12-11-21-18-26(31)23(10-7-17-30)27(32)19-21/h10-12,20,24-27,30-33H,5-9,13-19H2,1-4H3/b21-11?,22-12+,23-10?/t20?,24?,25-,26+,27+,29+/m0/s1. The lowest BCUT2D eigenvalue weighted by Gasteiger charge is -2.44. The maximum absolute atomic E-state index is 10.5. The number of hydrogen-bond donors (Lipinski definition) is 4. The first-order chi connectivity index (χ1) is 15.5. The fraction of sp³-hybridized carbons (Fsp3) is 0.793. The van der Waals surface area contributed by atoms with E-state index in [0.717, 1.165) is 30.8 Å². The predicted molar refractivity (Wildman–Crippen MR) is 135 cm³/mol. The van der Waals surface area contributed by atoms with Crippen molar-refractivity contribution >= 4 is 0 Å². The molecule has 0 radical (unpaired) electrons. The molecule has 3 aliphatic carbocycles. The summed E-state index contributed by atoms with van der Waals surface area (Å²) < 4.78 is 0. The Morgan fingerprint density at radius 3 is 2.45 bits per heavy atom. The first kappa shape index (κ1) is 26.7. The van der Waals surface area contributed by atoms with Crippen LogP contribution >= 0.6 is 0 Å². The normalized spacial score (nSPS) is 35.0. The van der Waals surface area contributed by atoms with Crippen LogP contribution in [0.2, 0.25) is 0 Å². The molecule has 4 heteroatoms. The maximum atomic E-state index is 10.5. The number of aliphatic hydroxyl groups is 4. The van der Waals surface area contributed by atoms with E-state index in [1.807, 2.05) is 13.8 Å². The lowest BCUT2D eigenvalue weighted by atomic mass is 9.60. The third-order valence-corrected chi connectivity index (χ3v) is 8.90. The Kier molecular flexibility index (Phi) is 9.05. The number of allylic oxidation sites excluding steroid dienone is 3. The second-order valence-electron chi connectivity index (χ2n) is 12.0. The summed E-state index contributed by atoms with van der Waals surface area (Å²) in [6.07, 6.45) is 16.1. The summed E-state index contributed by atoms with van der Waals surface area (Å²) in [4.78, 5) is 0. The second-order valence-corrected chi connectivity index (χ2v) is 12.0. The molecule has 0 bridgehead atoms. The summed E-state index contributed by atoms with van der Waals surface area (Å²) in [7, 11) is 0. The van der Waals surface area contributed by atoms with Gasteiger partial charge >= 0.3 is 0 Å². The summed E-state index contributed by atoms with van der Waals surface area (Å²) in [5.41, 5.74) is 3.14. The van der Waals surface area contributed by atoms with Crippen molar-refractivity contribution in [3.8, 4) is 0 Å². The van der Waals surface area contributed by atoms with Crippen LogP contribution < -0.4 is 0 Å². The molecule has 0 aromatic rings. The SMILES string of the molecule is CC(CCCC(C)(C)O)C1CC[C@H]2/C(=C/C=C3C[C@@H](O)C(=CCCO)[C@H](O)C3)CCC[C@]12C. The molecule has 0 spiro atoms. The molecule has 188 valence electrons. The molecule has 0 aliphatic heterocycles. The lowest BCUT2D eigenvalue weighted by Crippen LogP contribution is -2.36. The third-order valence-electron chi connectivity index (χ3n) is 8.90. The average Bonchev–Trinajstić information content (AvgIpc) is 3.08. The van der Waals surface area contributed by atoms with Gasteiger partial charge < -0.3 is 20.4 Å². The molecule has 0 aromatic carbocycles. The Labute approximate surface area is 201 Å². The van der Waals surface area contributed by atoms with Crippen LogP contribution in [-0.4, -0.2) is 44.8 Å². The zero-order valence-electron chi connectivity index (χ0n) is 21.4. The van der Waals surface area contributed by atoms with Crippen molar-refractivity contribution in [3.05, 3.63) is 34.9 Å². The van der Waals surface area contributed by atoms with Gasteiger partial charge in [-0.2, -0.15) is 0 Å². The molecule has 3 rings (SSSR count). The summed E-state index contributed by atoms with van der Waals surface area (Å²) in [5, 5.41) is 40.1. The van der Waals surface area contributed by atoms with Crippen LogP contribution in [0.3, 0.4) is 0 Å². The molecule has 33 heavy (non-hydrogen) atoms. The zero-order chi connectivity index (χ0) is 24.2. The minimum absolute atomic E-state index is 0.0386. The Morgan fingerprint density at radius 2 is 1.82 bits per heavy atom. The van der Waals surface area contributed by atoms with E-state index in [2.05, 4.69) is 26.0 Å². The Hall–Kier alpha value is -0.940. The predicted octanol–water partition coefficient (Wildman–Crippen LogP) is 5.46. The lowest BCUT2D eigenvalue weighted by molar-refractivity contribution is 0.0596. The van der Waals surface area contributed by atoms with Crippen molar-refractivity contribution < 1.29 is 20.4 Å². The number of aliphatic hydroxyl groups excluding tert-OH is 3. The van der Waals surface area contributed by atoms with E-state index >= 15 is 0 Å².